The molecule has 4 nitrogen and oxygen atoms in total. The van der Waals surface area contributed by atoms with E-state index in [4.69, 9.17) is 10.8 Å². The number of rotatable bonds is 5. The molecule has 3 N–H and O–H groups in total. The second-order valence-corrected chi connectivity index (χ2v) is 3.58. The molecule has 0 saturated carbocycles. The van der Waals surface area contributed by atoms with Gasteiger partial charge < -0.3 is 15.4 Å². The van der Waals surface area contributed by atoms with Crippen molar-refractivity contribution in [3.05, 3.63) is 24.0 Å². The Hall–Kier alpha value is -1.29. The van der Waals surface area contributed by atoms with Crippen LogP contribution in [-0.2, 0) is 18.3 Å². The number of hydrogen-bond acceptors (Lipinski definition) is 2. The number of aryl methyl sites for hydroxylation is 1. The zero-order chi connectivity index (χ0) is 10.6. The fourth-order valence-electron chi connectivity index (χ4n) is 1.40. The van der Waals surface area contributed by atoms with Crippen molar-refractivity contribution < 1.29 is 9.90 Å². The molecule has 0 spiro atoms. The first kappa shape index (κ1) is 10.8. The Labute approximate surface area is 83.3 Å². The standard InChI is InChI=1S/C10H16N2O2/c1-12-5-4-8(7-12)6-9(11)2-3-10(13)14/h4-5,7,9H,2-3,6,11H2,1H3,(H,13,14). The van der Waals surface area contributed by atoms with Crippen molar-refractivity contribution in [2.24, 2.45) is 12.8 Å². The third kappa shape index (κ3) is 3.62. The molecular formula is C10H16N2O2. The molecular weight excluding hydrogens is 180 g/mol. The fraction of sp³-hybridized carbons (Fsp3) is 0.500. The summed E-state index contributed by atoms with van der Waals surface area (Å²) in [5.41, 5.74) is 6.95. The van der Waals surface area contributed by atoms with Crippen LogP contribution >= 0.6 is 0 Å². The highest BCUT2D eigenvalue weighted by Crippen LogP contribution is 2.06. The average Bonchev–Trinajstić information content (AvgIpc) is 2.48. The van der Waals surface area contributed by atoms with Crippen LogP contribution in [0.3, 0.4) is 0 Å². The second-order valence-electron chi connectivity index (χ2n) is 3.58. The van der Waals surface area contributed by atoms with Crippen LogP contribution in [0.4, 0.5) is 0 Å². The molecule has 78 valence electrons. The first-order valence-corrected chi connectivity index (χ1v) is 4.66. The van der Waals surface area contributed by atoms with E-state index < -0.39 is 5.97 Å². The summed E-state index contributed by atoms with van der Waals surface area (Å²) < 4.78 is 1.96. The Morgan fingerprint density at radius 2 is 2.43 bits per heavy atom. The molecule has 0 aliphatic heterocycles. The summed E-state index contributed by atoms with van der Waals surface area (Å²) in [5.74, 6) is -0.784. The van der Waals surface area contributed by atoms with Gasteiger partial charge in [0.05, 0.1) is 0 Å². The summed E-state index contributed by atoms with van der Waals surface area (Å²) in [4.78, 5) is 10.3. The topological polar surface area (TPSA) is 68.2 Å². The van der Waals surface area contributed by atoms with Crippen LogP contribution in [0.5, 0.6) is 0 Å². The van der Waals surface area contributed by atoms with E-state index in [1.54, 1.807) is 0 Å². The van der Waals surface area contributed by atoms with Crippen LogP contribution in [0.15, 0.2) is 18.5 Å². The molecule has 1 heterocycles. The zero-order valence-corrected chi connectivity index (χ0v) is 8.31. The van der Waals surface area contributed by atoms with E-state index in [-0.39, 0.29) is 12.5 Å². The number of carboxylic acid groups (broad SMARTS) is 1. The van der Waals surface area contributed by atoms with Gasteiger partial charge in [0.2, 0.25) is 0 Å². The first-order valence-electron chi connectivity index (χ1n) is 4.66. The third-order valence-corrected chi connectivity index (χ3v) is 2.12. The van der Waals surface area contributed by atoms with Gasteiger partial charge in [-0.2, -0.15) is 0 Å². The number of nitrogens with zero attached hydrogens (tertiary/aromatic N) is 1. The zero-order valence-electron chi connectivity index (χ0n) is 8.31. The van der Waals surface area contributed by atoms with Crippen molar-refractivity contribution in [2.45, 2.75) is 25.3 Å². The number of aromatic nitrogens is 1. The van der Waals surface area contributed by atoms with Crippen molar-refractivity contribution in [3.8, 4) is 0 Å². The Kier molecular flexibility index (Phi) is 3.71. The highest BCUT2D eigenvalue weighted by Gasteiger charge is 2.07. The molecule has 0 bridgehead atoms. The van der Waals surface area contributed by atoms with Crippen molar-refractivity contribution in [1.29, 1.82) is 0 Å². The van der Waals surface area contributed by atoms with Crippen molar-refractivity contribution in [3.63, 3.8) is 0 Å². The summed E-state index contributed by atoms with van der Waals surface area (Å²) >= 11 is 0. The van der Waals surface area contributed by atoms with E-state index in [1.165, 1.54) is 0 Å². The van der Waals surface area contributed by atoms with E-state index in [0.29, 0.717) is 6.42 Å². The second kappa shape index (κ2) is 4.81. The maximum Gasteiger partial charge on any atom is 0.303 e. The Bertz CT molecular complexity index is 307. The molecule has 14 heavy (non-hydrogen) atoms. The normalized spacial score (nSPS) is 12.7. The molecule has 1 atom stereocenters. The van der Waals surface area contributed by atoms with Gasteiger partial charge >= 0.3 is 5.97 Å². The SMILES string of the molecule is Cn1ccc(CC(N)CCC(=O)O)c1. The van der Waals surface area contributed by atoms with Gasteiger partial charge in [-0.05, 0) is 24.5 Å². The van der Waals surface area contributed by atoms with Crippen LogP contribution in [0.1, 0.15) is 18.4 Å². The lowest BCUT2D eigenvalue weighted by atomic mass is 10.1. The first-order chi connectivity index (χ1) is 6.58. The number of carbonyl (C=O) groups is 1. The Morgan fingerprint density at radius 1 is 1.71 bits per heavy atom. The lowest BCUT2D eigenvalue weighted by Gasteiger charge is -2.08. The highest BCUT2D eigenvalue weighted by molar-refractivity contribution is 5.66. The summed E-state index contributed by atoms with van der Waals surface area (Å²) in [6.45, 7) is 0. The largest absolute Gasteiger partial charge is 0.481 e. The van der Waals surface area contributed by atoms with Crippen molar-refractivity contribution >= 4 is 5.97 Å². The van der Waals surface area contributed by atoms with E-state index >= 15 is 0 Å². The van der Waals surface area contributed by atoms with Gasteiger partial charge in [0.15, 0.2) is 0 Å². The predicted molar refractivity (Wildman–Crippen MR) is 54.0 cm³/mol. The maximum absolute atomic E-state index is 10.3. The van der Waals surface area contributed by atoms with Gasteiger partial charge in [-0.3, -0.25) is 4.79 Å². The maximum atomic E-state index is 10.3. The van der Waals surface area contributed by atoms with Crippen LogP contribution in [0.25, 0.3) is 0 Å². The third-order valence-electron chi connectivity index (χ3n) is 2.12. The lowest BCUT2D eigenvalue weighted by Crippen LogP contribution is -2.23. The van der Waals surface area contributed by atoms with E-state index in [0.717, 1.165) is 12.0 Å². The molecule has 0 radical (unpaired) electrons. The number of aliphatic carboxylic acids is 1. The van der Waals surface area contributed by atoms with Gasteiger partial charge in [0.25, 0.3) is 0 Å². The minimum atomic E-state index is -0.784. The molecule has 1 rings (SSSR count). The summed E-state index contributed by atoms with van der Waals surface area (Å²) in [7, 11) is 1.95. The lowest BCUT2D eigenvalue weighted by molar-refractivity contribution is -0.137. The molecule has 1 aromatic heterocycles. The Morgan fingerprint density at radius 3 is 2.93 bits per heavy atom. The summed E-state index contributed by atoms with van der Waals surface area (Å²) in [5, 5.41) is 8.47. The smallest absolute Gasteiger partial charge is 0.303 e. The highest BCUT2D eigenvalue weighted by atomic mass is 16.4. The molecule has 0 aliphatic rings. The Balaban J connectivity index is 2.33. The fourth-order valence-corrected chi connectivity index (χ4v) is 1.40. The quantitative estimate of drug-likeness (QED) is 0.730. The minimum absolute atomic E-state index is 0.0616. The molecule has 0 saturated heterocycles. The van der Waals surface area contributed by atoms with Crippen LogP contribution in [-0.4, -0.2) is 21.7 Å². The van der Waals surface area contributed by atoms with Crippen LogP contribution < -0.4 is 5.73 Å². The molecule has 0 aromatic carbocycles. The summed E-state index contributed by atoms with van der Waals surface area (Å²) in [6.07, 6.45) is 5.38. The molecule has 0 amide bonds. The number of nitrogens with two attached hydrogens (primary N) is 1. The molecule has 0 aliphatic carbocycles. The van der Waals surface area contributed by atoms with Gasteiger partial charge in [-0.1, -0.05) is 0 Å². The van der Waals surface area contributed by atoms with Gasteiger partial charge in [0, 0.05) is 31.9 Å². The van der Waals surface area contributed by atoms with E-state index in [2.05, 4.69) is 0 Å². The van der Waals surface area contributed by atoms with Gasteiger partial charge in [-0.25, -0.2) is 0 Å². The molecule has 4 heteroatoms. The predicted octanol–water partition coefficient (Wildman–Crippen LogP) is 0.760. The van der Waals surface area contributed by atoms with Gasteiger partial charge in [-0.15, -0.1) is 0 Å². The minimum Gasteiger partial charge on any atom is -0.481 e. The monoisotopic (exact) mass is 196 g/mol. The van der Waals surface area contributed by atoms with Crippen LogP contribution in [0.2, 0.25) is 0 Å². The van der Waals surface area contributed by atoms with Crippen LogP contribution in [0, 0.1) is 0 Å². The van der Waals surface area contributed by atoms with Crippen molar-refractivity contribution in [1.82, 2.24) is 4.57 Å². The molecule has 0 fully saturated rings. The van der Waals surface area contributed by atoms with E-state index in [9.17, 15) is 4.79 Å². The summed E-state index contributed by atoms with van der Waals surface area (Å²) in [6, 6.07) is 1.94. The van der Waals surface area contributed by atoms with Crippen molar-refractivity contribution in [2.75, 3.05) is 0 Å². The number of hydrogen-bond donors (Lipinski definition) is 2. The molecule has 1 unspecified atom stereocenters. The average molecular weight is 196 g/mol. The molecule has 1 aromatic rings. The van der Waals surface area contributed by atoms with E-state index in [1.807, 2.05) is 30.1 Å². The van der Waals surface area contributed by atoms with Gasteiger partial charge in [0.1, 0.15) is 0 Å². The number of carboxylic acids is 1.